The molecular weight excluding hydrogens is 548 g/mol. The number of rotatable bonds is 6. The molecule has 0 bridgehead atoms. The molecule has 2 aromatic carbocycles. The van der Waals surface area contributed by atoms with Crippen LogP contribution >= 0.6 is 15.9 Å². The average Bonchev–Trinajstić information content (AvgIpc) is 3.39. The molecule has 1 amide bonds. The van der Waals surface area contributed by atoms with Gasteiger partial charge in [-0.1, -0.05) is 37.3 Å². The molecule has 0 unspecified atom stereocenters. The van der Waals surface area contributed by atoms with E-state index in [-0.39, 0.29) is 5.69 Å². The van der Waals surface area contributed by atoms with E-state index in [1.807, 2.05) is 62.6 Å². The summed E-state index contributed by atoms with van der Waals surface area (Å²) >= 11 is 3.57. The maximum atomic E-state index is 12.9. The smallest absolute Gasteiger partial charge is 0.339 e. The minimum atomic E-state index is -0.618. The van der Waals surface area contributed by atoms with E-state index in [1.165, 1.54) is 0 Å². The van der Waals surface area contributed by atoms with Crippen molar-refractivity contribution in [2.24, 2.45) is 5.73 Å². The normalized spacial score (nSPS) is 11.8. The molecule has 0 aliphatic heterocycles. The number of benzene rings is 2. The number of pyridine rings is 1. The van der Waals surface area contributed by atoms with Gasteiger partial charge in [-0.2, -0.15) is 0 Å². The number of aryl methyl sites for hydroxylation is 1. The molecule has 0 saturated carbocycles. The summed E-state index contributed by atoms with van der Waals surface area (Å²) in [7, 11) is 0. The first kappa shape index (κ1) is 25.7. The van der Waals surface area contributed by atoms with Gasteiger partial charge in [0, 0.05) is 22.8 Å². The Balaban J connectivity index is 1.56. The predicted octanol–water partition coefficient (Wildman–Crippen LogP) is 6.27. The summed E-state index contributed by atoms with van der Waals surface area (Å²) in [4.78, 5) is 33.8. The van der Waals surface area contributed by atoms with Crippen LogP contribution in [0.5, 0.6) is 0 Å². The molecule has 0 fully saturated rings. The number of imidazole rings is 1. The number of fused-ring (bicyclic) bond motifs is 2. The number of hydrogen-bond donors (Lipinski definition) is 1. The Morgan fingerprint density at radius 2 is 1.82 bits per heavy atom. The molecule has 38 heavy (non-hydrogen) atoms. The van der Waals surface area contributed by atoms with E-state index in [1.54, 1.807) is 24.3 Å². The van der Waals surface area contributed by atoms with E-state index in [2.05, 4.69) is 25.9 Å². The summed E-state index contributed by atoms with van der Waals surface area (Å²) in [5.74, 6) is 0.440. The van der Waals surface area contributed by atoms with Crippen LogP contribution in [0.1, 0.15) is 59.9 Å². The number of aromatic nitrogens is 3. The van der Waals surface area contributed by atoms with E-state index in [0.29, 0.717) is 45.7 Å². The van der Waals surface area contributed by atoms with Gasteiger partial charge in [0.25, 0.3) is 5.91 Å². The van der Waals surface area contributed by atoms with Gasteiger partial charge in [0.1, 0.15) is 28.4 Å². The van der Waals surface area contributed by atoms with Crippen molar-refractivity contribution in [3.63, 3.8) is 0 Å². The highest BCUT2D eigenvalue weighted by Crippen LogP contribution is 2.39. The second-order valence-corrected chi connectivity index (χ2v) is 10.7. The third-order valence-electron chi connectivity index (χ3n) is 6.10. The molecule has 0 atom stereocenters. The van der Waals surface area contributed by atoms with Crippen LogP contribution in [0.15, 0.2) is 63.7 Å². The number of primary amides is 1. The van der Waals surface area contributed by atoms with Crippen molar-refractivity contribution in [3.05, 3.63) is 81.9 Å². The fourth-order valence-electron chi connectivity index (χ4n) is 4.45. The molecule has 5 aromatic rings. The largest absolute Gasteiger partial charge is 0.456 e. The van der Waals surface area contributed by atoms with Crippen LogP contribution in [0.2, 0.25) is 0 Å². The third kappa shape index (κ3) is 4.81. The standard InChI is InChI=1S/C29H27BrN4O4/c1-5-23-32-22-13-12-21(26(31)35)33-27(22)34(23)15-16-10-11-18-20(14-16)25(30)37-24(18)17-8-6-7-9-19(17)28(36)38-29(2,3)4/h6-14H,5,15H2,1-4H3,(H2,31,35). The predicted molar refractivity (Wildman–Crippen MR) is 149 cm³/mol. The fourth-order valence-corrected chi connectivity index (χ4v) is 4.94. The molecular formula is C29H27BrN4O4. The van der Waals surface area contributed by atoms with Crippen LogP contribution < -0.4 is 5.73 Å². The highest BCUT2D eigenvalue weighted by molar-refractivity contribution is 9.10. The Bertz CT molecular complexity index is 1710. The van der Waals surface area contributed by atoms with Gasteiger partial charge in [0.2, 0.25) is 0 Å². The van der Waals surface area contributed by atoms with Crippen molar-refractivity contribution in [2.75, 3.05) is 0 Å². The van der Waals surface area contributed by atoms with E-state index >= 15 is 0 Å². The maximum absolute atomic E-state index is 12.9. The van der Waals surface area contributed by atoms with Crippen LogP contribution in [0.4, 0.5) is 0 Å². The van der Waals surface area contributed by atoms with E-state index in [4.69, 9.17) is 14.9 Å². The summed E-state index contributed by atoms with van der Waals surface area (Å²) in [5, 5.41) is 1.72. The van der Waals surface area contributed by atoms with Gasteiger partial charge in [-0.15, -0.1) is 0 Å². The molecule has 3 heterocycles. The number of hydrogen-bond acceptors (Lipinski definition) is 6. The Hall–Kier alpha value is -3.98. The molecule has 2 N–H and O–H groups in total. The van der Waals surface area contributed by atoms with Crippen molar-refractivity contribution in [1.29, 1.82) is 0 Å². The second kappa shape index (κ2) is 9.72. The number of esters is 1. The van der Waals surface area contributed by atoms with E-state index in [9.17, 15) is 9.59 Å². The number of amides is 1. The zero-order chi connectivity index (χ0) is 27.2. The number of halogens is 1. The van der Waals surface area contributed by atoms with Gasteiger partial charge < -0.3 is 19.5 Å². The SMILES string of the molecule is CCc1nc2ccc(C(N)=O)nc2n1Cc1ccc2c(-c3ccccc3C(=O)OC(C)(C)C)oc(Br)c2c1. The highest BCUT2D eigenvalue weighted by Gasteiger charge is 2.24. The molecule has 0 aliphatic carbocycles. The molecule has 0 saturated heterocycles. The van der Waals surface area contributed by atoms with Crippen molar-refractivity contribution >= 4 is 49.7 Å². The topological polar surface area (TPSA) is 113 Å². The van der Waals surface area contributed by atoms with Crippen molar-refractivity contribution in [2.45, 2.75) is 46.3 Å². The monoisotopic (exact) mass is 574 g/mol. The lowest BCUT2D eigenvalue weighted by molar-refractivity contribution is 0.00701. The zero-order valence-corrected chi connectivity index (χ0v) is 23.1. The second-order valence-electron chi connectivity index (χ2n) is 10.0. The number of carbonyl (C=O) groups is 2. The Labute approximate surface area is 227 Å². The molecule has 0 aliphatic rings. The minimum Gasteiger partial charge on any atom is -0.456 e. The summed E-state index contributed by atoms with van der Waals surface area (Å²) in [5.41, 5.74) is 8.43. The first-order chi connectivity index (χ1) is 18.1. The average molecular weight is 575 g/mol. The van der Waals surface area contributed by atoms with Crippen molar-refractivity contribution in [1.82, 2.24) is 14.5 Å². The van der Waals surface area contributed by atoms with Crippen molar-refractivity contribution in [3.8, 4) is 11.3 Å². The summed E-state index contributed by atoms with van der Waals surface area (Å²) < 4.78 is 14.3. The molecule has 0 radical (unpaired) electrons. The lowest BCUT2D eigenvalue weighted by Gasteiger charge is -2.20. The van der Waals surface area contributed by atoms with E-state index in [0.717, 1.165) is 22.2 Å². The molecule has 8 nitrogen and oxygen atoms in total. The molecule has 5 rings (SSSR count). The van der Waals surface area contributed by atoms with Crippen LogP contribution in [0.3, 0.4) is 0 Å². The molecule has 9 heteroatoms. The quantitative estimate of drug-likeness (QED) is 0.239. The van der Waals surface area contributed by atoms with Gasteiger partial charge in [-0.3, -0.25) is 4.79 Å². The zero-order valence-electron chi connectivity index (χ0n) is 21.5. The van der Waals surface area contributed by atoms with Gasteiger partial charge in [0.15, 0.2) is 10.3 Å². The van der Waals surface area contributed by atoms with Crippen LogP contribution in [0, 0.1) is 0 Å². The van der Waals surface area contributed by atoms with Gasteiger partial charge in [-0.05, 0) is 66.5 Å². The number of carbonyl (C=O) groups excluding carboxylic acids is 2. The number of furan rings is 1. The van der Waals surface area contributed by atoms with Crippen LogP contribution in [0.25, 0.3) is 33.3 Å². The summed E-state index contributed by atoms with van der Waals surface area (Å²) in [6.07, 6.45) is 0.700. The van der Waals surface area contributed by atoms with Crippen LogP contribution in [-0.4, -0.2) is 32.0 Å². The minimum absolute atomic E-state index is 0.197. The molecule has 194 valence electrons. The number of nitrogens with zero attached hydrogens (tertiary/aromatic N) is 3. The van der Waals surface area contributed by atoms with Crippen molar-refractivity contribution < 1.29 is 18.7 Å². The lowest BCUT2D eigenvalue weighted by Crippen LogP contribution is -2.24. The Morgan fingerprint density at radius 1 is 1.05 bits per heavy atom. The van der Waals surface area contributed by atoms with Crippen LogP contribution in [-0.2, 0) is 17.7 Å². The number of ether oxygens (including phenoxy) is 1. The van der Waals surface area contributed by atoms with Gasteiger partial charge >= 0.3 is 5.97 Å². The lowest BCUT2D eigenvalue weighted by atomic mass is 10.0. The highest BCUT2D eigenvalue weighted by atomic mass is 79.9. The first-order valence-electron chi connectivity index (χ1n) is 12.3. The van der Waals surface area contributed by atoms with E-state index < -0.39 is 17.5 Å². The fraction of sp³-hybridized carbons (Fsp3) is 0.241. The van der Waals surface area contributed by atoms with Gasteiger partial charge in [0.05, 0.1) is 12.1 Å². The summed E-state index contributed by atoms with van der Waals surface area (Å²) in [6, 6.07) is 16.6. The number of nitrogens with two attached hydrogens (primary N) is 1. The van der Waals surface area contributed by atoms with Gasteiger partial charge in [-0.25, -0.2) is 14.8 Å². The molecule has 3 aromatic heterocycles. The Morgan fingerprint density at radius 3 is 2.53 bits per heavy atom. The first-order valence-corrected chi connectivity index (χ1v) is 13.0. The molecule has 0 spiro atoms. The summed E-state index contributed by atoms with van der Waals surface area (Å²) in [6.45, 7) is 8.03. The maximum Gasteiger partial charge on any atom is 0.339 e. The third-order valence-corrected chi connectivity index (χ3v) is 6.69. The Kier molecular flexibility index (Phi) is 6.56.